The third-order valence-corrected chi connectivity index (χ3v) is 4.23. The van der Waals surface area contributed by atoms with E-state index < -0.39 is 0 Å². The van der Waals surface area contributed by atoms with Crippen LogP contribution in [0.2, 0.25) is 0 Å². The second-order valence-corrected chi connectivity index (χ2v) is 6.15. The Labute approximate surface area is 125 Å². The highest BCUT2D eigenvalue weighted by Crippen LogP contribution is 2.31. The molecule has 1 aromatic carbocycles. The second-order valence-electron chi connectivity index (χ2n) is 4.38. The Kier molecular flexibility index (Phi) is 4.51. The van der Waals surface area contributed by atoms with Crippen LogP contribution in [0.5, 0.6) is 0 Å². The van der Waals surface area contributed by atoms with Gasteiger partial charge in [0.1, 0.15) is 0 Å². The van der Waals surface area contributed by atoms with Crippen molar-refractivity contribution in [2.45, 2.75) is 19.4 Å². The van der Waals surface area contributed by atoms with Crippen LogP contribution in [-0.4, -0.2) is 11.4 Å². The number of hydrogen-bond donors (Lipinski definition) is 1. The summed E-state index contributed by atoms with van der Waals surface area (Å²) in [6, 6.07) is 4.06. The third-order valence-electron chi connectivity index (χ3n) is 3.12. The Hall–Kier alpha value is -0.740. The molecule has 0 radical (unpaired) electrons. The Morgan fingerprint density at radius 3 is 2.89 bits per heavy atom. The predicted molar refractivity (Wildman–Crippen MR) is 84.2 cm³/mol. The van der Waals surface area contributed by atoms with Gasteiger partial charge in [0.25, 0.3) is 0 Å². The van der Waals surface area contributed by atoms with Crippen LogP contribution in [0.15, 0.2) is 45.5 Å². The number of nitrogens with zero attached hydrogens (tertiary/aromatic N) is 1. The highest BCUT2D eigenvalue weighted by molar-refractivity contribution is 9.11. The average Bonchev–Trinajstić information content (AvgIpc) is 2.73. The number of hydrogen-bond acceptors (Lipinski definition) is 2. The van der Waals surface area contributed by atoms with E-state index in [0.717, 1.165) is 39.7 Å². The van der Waals surface area contributed by atoms with Crippen LogP contribution in [0.1, 0.15) is 18.4 Å². The highest BCUT2D eigenvalue weighted by Gasteiger charge is 2.18. The van der Waals surface area contributed by atoms with Gasteiger partial charge in [-0.2, -0.15) is 0 Å². The molecule has 4 heteroatoms. The van der Waals surface area contributed by atoms with Gasteiger partial charge >= 0.3 is 0 Å². The molecule has 0 amide bonds. The quantitative estimate of drug-likeness (QED) is 0.794. The molecule has 1 aliphatic rings. The fourth-order valence-corrected chi connectivity index (χ4v) is 3.55. The molecular formula is C14H16Br2N2. The molecule has 1 aromatic rings. The van der Waals surface area contributed by atoms with Crippen molar-refractivity contribution in [3.05, 3.63) is 51.1 Å². The number of allylic oxidation sites excluding steroid dienone is 3. The number of anilines is 1. The Bertz CT molecular complexity index is 495. The fraction of sp³-hybridized carbons (Fsp3) is 0.286. The number of halogens is 2. The van der Waals surface area contributed by atoms with Gasteiger partial charge in [-0.1, -0.05) is 28.6 Å². The largest absolute Gasteiger partial charge is 0.398 e. The fourth-order valence-electron chi connectivity index (χ4n) is 2.23. The van der Waals surface area contributed by atoms with E-state index in [2.05, 4.69) is 55.5 Å². The molecule has 0 saturated carbocycles. The van der Waals surface area contributed by atoms with E-state index in [9.17, 15) is 0 Å². The van der Waals surface area contributed by atoms with E-state index in [4.69, 9.17) is 5.73 Å². The summed E-state index contributed by atoms with van der Waals surface area (Å²) < 4.78 is 1.99. The lowest BCUT2D eigenvalue weighted by molar-refractivity contribution is 0.387. The van der Waals surface area contributed by atoms with Gasteiger partial charge in [0.05, 0.1) is 5.69 Å². The molecule has 1 aliphatic heterocycles. The molecule has 0 spiro atoms. The Morgan fingerprint density at radius 2 is 2.17 bits per heavy atom. The first kappa shape index (κ1) is 13.7. The molecule has 1 heterocycles. The van der Waals surface area contributed by atoms with Crippen molar-refractivity contribution in [3.8, 4) is 0 Å². The van der Waals surface area contributed by atoms with Crippen LogP contribution in [0.25, 0.3) is 0 Å². The molecular weight excluding hydrogens is 356 g/mol. The van der Waals surface area contributed by atoms with Crippen LogP contribution >= 0.6 is 31.9 Å². The van der Waals surface area contributed by atoms with Crippen LogP contribution < -0.4 is 5.73 Å². The number of rotatable bonds is 3. The molecule has 0 unspecified atom stereocenters. The van der Waals surface area contributed by atoms with E-state index in [1.165, 1.54) is 12.1 Å². The second kappa shape index (κ2) is 5.93. The van der Waals surface area contributed by atoms with E-state index in [0.29, 0.717) is 0 Å². The summed E-state index contributed by atoms with van der Waals surface area (Å²) >= 11 is 7.00. The van der Waals surface area contributed by atoms with E-state index >= 15 is 0 Å². The molecule has 1 saturated heterocycles. The standard InChI is InChI=1S/C14H16Br2N2/c1-2-4-12-5-3-6-18(12)9-10-7-11(15)8-13(16)14(10)17/h2,4,7-8H,1,3,5-6,9,17H2/b12-4-. The van der Waals surface area contributed by atoms with Crippen molar-refractivity contribution in [1.29, 1.82) is 0 Å². The minimum absolute atomic E-state index is 0.822. The minimum atomic E-state index is 0.822. The summed E-state index contributed by atoms with van der Waals surface area (Å²) in [5.74, 6) is 0. The molecule has 0 atom stereocenters. The maximum Gasteiger partial charge on any atom is 0.0509 e. The molecule has 2 N–H and O–H groups in total. The van der Waals surface area contributed by atoms with Gasteiger partial charge in [0.2, 0.25) is 0 Å². The number of nitrogen functional groups attached to an aromatic ring is 1. The van der Waals surface area contributed by atoms with Crippen molar-refractivity contribution in [3.63, 3.8) is 0 Å². The van der Waals surface area contributed by atoms with Crippen molar-refractivity contribution >= 4 is 37.5 Å². The molecule has 18 heavy (non-hydrogen) atoms. The monoisotopic (exact) mass is 370 g/mol. The summed E-state index contributed by atoms with van der Waals surface area (Å²) in [5, 5.41) is 0. The number of nitrogens with two attached hydrogens (primary N) is 1. The molecule has 0 aliphatic carbocycles. The van der Waals surface area contributed by atoms with Gasteiger partial charge in [-0.25, -0.2) is 0 Å². The van der Waals surface area contributed by atoms with Crippen LogP contribution in [-0.2, 0) is 6.54 Å². The summed E-state index contributed by atoms with van der Waals surface area (Å²) in [6.07, 6.45) is 6.28. The minimum Gasteiger partial charge on any atom is -0.398 e. The SMILES string of the molecule is C=C/C=C1/CCCN1Cc1cc(Br)cc(Br)c1N. The topological polar surface area (TPSA) is 29.3 Å². The van der Waals surface area contributed by atoms with Gasteiger partial charge in [0, 0.05) is 27.7 Å². The number of benzene rings is 1. The van der Waals surface area contributed by atoms with Gasteiger partial charge in [-0.3, -0.25) is 0 Å². The first-order valence-corrected chi connectivity index (χ1v) is 7.50. The van der Waals surface area contributed by atoms with Crippen molar-refractivity contribution in [2.75, 3.05) is 12.3 Å². The summed E-state index contributed by atoms with van der Waals surface area (Å²) in [4.78, 5) is 2.37. The zero-order valence-electron chi connectivity index (χ0n) is 10.1. The molecule has 96 valence electrons. The van der Waals surface area contributed by atoms with Crippen molar-refractivity contribution in [1.82, 2.24) is 4.90 Å². The lowest BCUT2D eigenvalue weighted by atomic mass is 10.1. The lowest BCUT2D eigenvalue weighted by Crippen LogP contribution is -2.18. The van der Waals surface area contributed by atoms with E-state index in [1.807, 2.05) is 12.1 Å². The smallest absolute Gasteiger partial charge is 0.0509 e. The van der Waals surface area contributed by atoms with Crippen LogP contribution in [0.4, 0.5) is 5.69 Å². The lowest BCUT2D eigenvalue weighted by Gasteiger charge is -2.21. The van der Waals surface area contributed by atoms with Crippen molar-refractivity contribution in [2.24, 2.45) is 0 Å². The van der Waals surface area contributed by atoms with Crippen LogP contribution in [0.3, 0.4) is 0 Å². The average molecular weight is 372 g/mol. The van der Waals surface area contributed by atoms with Gasteiger partial charge in [-0.05, 0) is 52.5 Å². The van der Waals surface area contributed by atoms with Gasteiger partial charge in [-0.15, -0.1) is 0 Å². The first-order valence-electron chi connectivity index (χ1n) is 5.91. The summed E-state index contributed by atoms with van der Waals surface area (Å²) in [6.45, 7) is 5.71. The zero-order valence-corrected chi connectivity index (χ0v) is 13.3. The van der Waals surface area contributed by atoms with E-state index in [-0.39, 0.29) is 0 Å². The zero-order chi connectivity index (χ0) is 13.1. The summed E-state index contributed by atoms with van der Waals surface area (Å²) in [7, 11) is 0. The molecule has 0 aromatic heterocycles. The highest BCUT2D eigenvalue weighted by atomic mass is 79.9. The number of likely N-dealkylation sites (tertiary alicyclic amines) is 1. The maximum absolute atomic E-state index is 6.11. The van der Waals surface area contributed by atoms with E-state index in [1.54, 1.807) is 0 Å². The van der Waals surface area contributed by atoms with Crippen molar-refractivity contribution < 1.29 is 0 Å². The normalized spacial score (nSPS) is 17.4. The molecule has 2 nitrogen and oxygen atoms in total. The molecule has 0 bridgehead atoms. The van der Waals surface area contributed by atoms with Gasteiger partial charge < -0.3 is 10.6 Å². The summed E-state index contributed by atoms with van der Waals surface area (Å²) in [5.41, 5.74) is 9.43. The molecule has 1 fully saturated rings. The Balaban J connectivity index is 2.24. The third kappa shape index (κ3) is 2.98. The predicted octanol–water partition coefficient (Wildman–Crippen LogP) is 4.46. The van der Waals surface area contributed by atoms with Crippen LogP contribution in [0, 0.1) is 0 Å². The Morgan fingerprint density at radius 1 is 1.39 bits per heavy atom. The molecule has 2 rings (SSSR count). The van der Waals surface area contributed by atoms with Gasteiger partial charge in [0.15, 0.2) is 0 Å². The first-order chi connectivity index (χ1) is 8.61. The maximum atomic E-state index is 6.11.